The molecule has 2 atom stereocenters. The Labute approximate surface area is 150 Å². The van der Waals surface area contributed by atoms with Crippen LogP contribution in [0.15, 0.2) is 36.4 Å². The molecule has 1 aliphatic rings. The molecule has 0 heterocycles. The standard InChI is InChI=1S/C21H28O4/c1-5-24-19(22)21(20(23)25-6-2)17(18(21)14-15(3)4)13-12-16-10-8-7-9-11-16/h7-13,15,17-18H,5-6,14H2,1-4H3/b13-12+/t17-,18-/m1/s1. The number of hydrogen-bond donors (Lipinski definition) is 0. The lowest BCUT2D eigenvalue weighted by Crippen LogP contribution is -2.33. The molecular weight excluding hydrogens is 316 g/mol. The largest absolute Gasteiger partial charge is 0.465 e. The van der Waals surface area contributed by atoms with Crippen LogP contribution in [0, 0.1) is 23.2 Å². The Morgan fingerprint density at radius 1 is 1.08 bits per heavy atom. The van der Waals surface area contributed by atoms with E-state index >= 15 is 0 Å². The minimum Gasteiger partial charge on any atom is -0.465 e. The van der Waals surface area contributed by atoms with E-state index in [2.05, 4.69) is 13.8 Å². The molecule has 0 bridgehead atoms. The summed E-state index contributed by atoms with van der Waals surface area (Å²) in [5.74, 6) is -0.800. The average Bonchev–Trinajstić information content (AvgIpc) is 3.21. The summed E-state index contributed by atoms with van der Waals surface area (Å²) in [4.78, 5) is 25.4. The van der Waals surface area contributed by atoms with E-state index in [9.17, 15) is 9.59 Å². The number of carbonyl (C=O) groups excluding carboxylic acids is 2. The molecule has 0 unspecified atom stereocenters. The molecule has 4 nitrogen and oxygen atoms in total. The Hall–Kier alpha value is -2.10. The summed E-state index contributed by atoms with van der Waals surface area (Å²) in [6, 6.07) is 9.86. The summed E-state index contributed by atoms with van der Waals surface area (Å²) < 4.78 is 10.5. The monoisotopic (exact) mass is 344 g/mol. The van der Waals surface area contributed by atoms with Crippen LogP contribution in [0.5, 0.6) is 0 Å². The second-order valence-electron chi connectivity index (χ2n) is 6.84. The van der Waals surface area contributed by atoms with Gasteiger partial charge in [0.25, 0.3) is 0 Å². The Kier molecular flexibility index (Phi) is 6.40. The van der Waals surface area contributed by atoms with Crippen molar-refractivity contribution >= 4 is 18.0 Å². The molecule has 0 saturated heterocycles. The van der Waals surface area contributed by atoms with Crippen LogP contribution in [-0.4, -0.2) is 25.2 Å². The van der Waals surface area contributed by atoms with Gasteiger partial charge in [-0.2, -0.15) is 0 Å². The number of allylic oxidation sites excluding steroid dienone is 1. The highest BCUT2D eigenvalue weighted by molar-refractivity contribution is 6.05. The number of ether oxygens (including phenoxy) is 2. The van der Waals surface area contributed by atoms with Gasteiger partial charge in [-0.05, 0) is 37.7 Å². The Balaban J connectivity index is 2.33. The van der Waals surface area contributed by atoms with Gasteiger partial charge in [-0.1, -0.05) is 56.3 Å². The van der Waals surface area contributed by atoms with Gasteiger partial charge in [0, 0.05) is 5.92 Å². The predicted octanol–water partition coefficient (Wildman–Crippen LogP) is 4.10. The molecular formula is C21H28O4. The predicted molar refractivity (Wildman–Crippen MR) is 97.6 cm³/mol. The quantitative estimate of drug-likeness (QED) is 0.526. The van der Waals surface area contributed by atoms with Crippen LogP contribution in [0.25, 0.3) is 6.08 Å². The second-order valence-corrected chi connectivity index (χ2v) is 6.84. The van der Waals surface area contributed by atoms with E-state index in [1.54, 1.807) is 13.8 Å². The zero-order valence-corrected chi connectivity index (χ0v) is 15.5. The first-order valence-electron chi connectivity index (χ1n) is 9.06. The summed E-state index contributed by atoms with van der Waals surface area (Å²) in [5, 5.41) is 0. The molecule has 0 radical (unpaired) electrons. The fraction of sp³-hybridized carbons (Fsp3) is 0.524. The van der Waals surface area contributed by atoms with E-state index in [0.717, 1.165) is 12.0 Å². The van der Waals surface area contributed by atoms with Gasteiger partial charge in [-0.3, -0.25) is 9.59 Å². The third kappa shape index (κ3) is 3.94. The van der Waals surface area contributed by atoms with E-state index in [1.165, 1.54) is 0 Å². The third-order valence-corrected chi connectivity index (χ3v) is 4.68. The van der Waals surface area contributed by atoms with Gasteiger partial charge in [0.1, 0.15) is 0 Å². The van der Waals surface area contributed by atoms with E-state index in [4.69, 9.17) is 9.47 Å². The summed E-state index contributed by atoms with van der Waals surface area (Å²) in [7, 11) is 0. The minimum absolute atomic E-state index is 0.0782. The molecule has 1 aromatic rings. The third-order valence-electron chi connectivity index (χ3n) is 4.68. The van der Waals surface area contributed by atoms with E-state index < -0.39 is 17.4 Å². The van der Waals surface area contributed by atoms with E-state index in [-0.39, 0.29) is 25.0 Å². The van der Waals surface area contributed by atoms with Crippen molar-refractivity contribution in [3.05, 3.63) is 42.0 Å². The molecule has 1 saturated carbocycles. The first-order chi connectivity index (χ1) is 12.0. The van der Waals surface area contributed by atoms with Crippen LogP contribution in [-0.2, 0) is 19.1 Å². The van der Waals surface area contributed by atoms with Crippen molar-refractivity contribution < 1.29 is 19.1 Å². The van der Waals surface area contributed by atoms with Crippen molar-refractivity contribution in [2.75, 3.05) is 13.2 Å². The molecule has 0 amide bonds. The summed E-state index contributed by atoms with van der Waals surface area (Å²) in [5.41, 5.74) is -0.152. The maximum absolute atomic E-state index is 12.7. The second kappa shape index (κ2) is 8.32. The summed E-state index contributed by atoms with van der Waals surface area (Å²) >= 11 is 0. The molecule has 25 heavy (non-hydrogen) atoms. The molecule has 1 aromatic carbocycles. The van der Waals surface area contributed by atoms with Gasteiger partial charge in [-0.15, -0.1) is 0 Å². The van der Waals surface area contributed by atoms with Crippen LogP contribution < -0.4 is 0 Å². The Bertz CT molecular complexity index is 600. The summed E-state index contributed by atoms with van der Waals surface area (Å²) in [6.45, 7) is 8.21. The van der Waals surface area contributed by atoms with Gasteiger partial charge in [0.05, 0.1) is 13.2 Å². The first kappa shape index (κ1) is 19.2. The minimum atomic E-state index is -1.19. The van der Waals surface area contributed by atoms with Crippen LogP contribution >= 0.6 is 0 Å². The SMILES string of the molecule is CCOC(=O)C1(C(=O)OCC)[C@H](/C=C/c2ccccc2)[C@H]1CC(C)C. The number of esters is 2. The zero-order chi connectivity index (χ0) is 18.4. The number of benzene rings is 1. The Morgan fingerprint density at radius 2 is 1.64 bits per heavy atom. The molecule has 136 valence electrons. The van der Waals surface area contributed by atoms with Gasteiger partial charge in [-0.25, -0.2) is 0 Å². The fourth-order valence-electron chi connectivity index (χ4n) is 3.55. The zero-order valence-electron chi connectivity index (χ0n) is 15.5. The van der Waals surface area contributed by atoms with E-state index in [1.807, 2.05) is 42.5 Å². The highest BCUT2D eigenvalue weighted by Crippen LogP contribution is 2.63. The number of rotatable bonds is 8. The van der Waals surface area contributed by atoms with Crippen LogP contribution in [0.4, 0.5) is 0 Å². The van der Waals surface area contributed by atoms with Gasteiger partial charge < -0.3 is 9.47 Å². The van der Waals surface area contributed by atoms with Gasteiger partial charge in [0.15, 0.2) is 5.41 Å². The van der Waals surface area contributed by atoms with E-state index in [0.29, 0.717) is 5.92 Å². The highest BCUT2D eigenvalue weighted by atomic mass is 16.6. The molecule has 1 fully saturated rings. The molecule has 2 rings (SSSR count). The van der Waals surface area contributed by atoms with Gasteiger partial charge in [0.2, 0.25) is 0 Å². The number of carbonyl (C=O) groups is 2. The first-order valence-corrected chi connectivity index (χ1v) is 9.06. The van der Waals surface area contributed by atoms with Crippen molar-refractivity contribution in [2.45, 2.75) is 34.1 Å². The topological polar surface area (TPSA) is 52.6 Å². The highest BCUT2D eigenvalue weighted by Gasteiger charge is 2.75. The maximum Gasteiger partial charge on any atom is 0.324 e. The van der Waals surface area contributed by atoms with Crippen molar-refractivity contribution in [1.82, 2.24) is 0 Å². The van der Waals surface area contributed by atoms with Gasteiger partial charge >= 0.3 is 11.9 Å². The molecule has 0 spiro atoms. The van der Waals surface area contributed by atoms with Crippen molar-refractivity contribution in [3.63, 3.8) is 0 Å². The van der Waals surface area contributed by atoms with Crippen LogP contribution in [0.2, 0.25) is 0 Å². The molecule has 1 aliphatic carbocycles. The average molecular weight is 344 g/mol. The molecule has 0 aromatic heterocycles. The van der Waals surface area contributed by atoms with Crippen molar-refractivity contribution in [3.8, 4) is 0 Å². The van der Waals surface area contributed by atoms with Crippen LogP contribution in [0.1, 0.15) is 39.7 Å². The van der Waals surface area contributed by atoms with Crippen molar-refractivity contribution in [2.24, 2.45) is 23.2 Å². The lowest BCUT2D eigenvalue weighted by Gasteiger charge is -2.15. The normalized spacial score (nSPS) is 21.3. The lowest BCUT2D eigenvalue weighted by molar-refractivity contribution is -0.165. The Morgan fingerprint density at radius 3 is 2.12 bits per heavy atom. The molecule has 0 N–H and O–H groups in total. The fourth-order valence-corrected chi connectivity index (χ4v) is 3.55. The lowest BCUT2D eigenvalue weighted by atomic mass is 9.97. The smallest absolute Gasteiger partial charge is 0.324 e. The van der Waals surface area contributed by atoms with Crippen LogP contribution in [0.3, 0.4) is 0 Å². The summed E-state index contributed by atoms with van der Waals surface area (Å²) in [6.07, 6.45) is 4.72. The number of hydrogen-bond acceptors (Lipinski definition) is 4. The molecule has 4 heteroatoms. The van der Waals surface area contributed by atoms with Crippen molar-refractivity contribution in [1.29, 1.82) is 0 Å². The molecule has 0 aliphatic heterocycles. The maximum atomic E-state index is 12.7.